The molecule has 0 heterocycles. The first-order valence-electron chi connectivity index (χ1n) is 5.56. The van der Waals surface area contributed by atoms with Crippen LogP contribution in [0.25, 0.3) is 0 Å². The van der Waals surface area contributed by atoms with E-state index >= 15 is 0 Å². The van der Waals surface area contributed by atoms with Gasteiger partial charge >= 0.3 is 0 Å². The van der Waals surface area contributed by atoms with E-state index in [0.717, 1.165) is 19.4 Å². The number of hydrogen-bond donors (Lipinski definition) is 3. The monoisotopic (exact) mass is 277 g/mol. The number of nitrogens with one attached hydrogen (secondary N) is 1. The Morgan fingerprint density at radius 3 is 2.71 bits per heavy atom. The van der Waals surface area contributed by atoms with E-state index in [1.807, 2.05) is 0 Å². The van der Waals surface area contributed by atoms with E-state index in [0.29, 0.717) is 17.1 Å². The molecule has 3 N–H and O–H groups in total. The molecule has 0 saturated carbocycles. The summed E-state index contributed by atoms with van der Waals surface area (Å²) in [6, 6.07) is 3.19. The van der Waals surface area contributed by atoms with Crippen LogP contribution in [0.5, 0.6) is 5.75 Å². The third-order valence-corrected chi connectivity index (χ3v) is 2.90. The summed E-state index contributed by atoms with van der Waals surface area (Å²) in [4.78, 5) is 0. The number of aliphatic hydroxyl groups is 1. The molecular formula is C12H17Cl2NO2. The third-order valence-electron chi connectivity index (χ3n) is 2.40. The molecular weight excluding hydrogens is 261 g/mol. The summed E-state index contributed by atoms with van der Waals surface area (Å²) >= 11 is 11.7. The average molecular weight is 278 g/mol. The number of aromatic hydroxyl groups is 1. The molecule has 0 aliphatic carbocycles. The van der Waals surface area contributed by atoms with Gasteiger partial charge in [0.1, 0.15) is 5.75 Å². The van der Waals surface area contributed by atoms with Crippen molar-refractivity contribution in [2.75, 3.05) is 6.54 Å². The fraction of sp³-hybridized carbons (Fsp3) is 0.500. The molecule has 5 heteroatoms. The van der Waals surface area contributed by atoms with Crippen LogP contribution < -0.4 is 5.32 Å². The normalized spacial score (nSPS) is 12.7. The van der Waals surface area contributed by atoms with Crippen molar-refractivity contribution in [2.24, 2.45) is 0 Å². The Kier molecular flexibility index (Phi) is 6.06. The van der Waals surface area contributed by atoms with Crippen LogP contribution in [0.15, 0.2) is 12.1 Å². The summed E-state index contributed by atoms with van der Waals surface area (Å²) in [5.74, 6) is 0.0686. The van der Waals surface area contributed by atoms with Gasteiger partial charge in [-0.3, -0.25) is 0 Å². The molecule has 1 unspecified atom stereocenters. The van der Waals surface area contributed by atoms with Gasteiger partial charge in [0.05, 0.1) is 11.1 Å². The molecule has 1 atom stereocenters. The Balaban J connectivity index is 2.41. The van der Waals surface area contributed by atoms with Crippen molar-refractivity contribution in [3.05, 3.63) is 27.7 Å². The predicted molar refractivity (Wildman–Crippen MR) is 70.7 cm³/mol. The molecule has 0 saturated heterocycles. The van der Waals surface area contributed by atoms with E-state index in [1.54, 1.807) is 13.0 Å². The number of hydrogen-bond acceptors (Lipinski definition) is 3. The molecule has 17 heavy (non-hydrogen) atoms. The Morgan fingerprint density at radius 1 is 1.35 bits per heavy atom. The highest BCUT2D eigenvalue weighted by Gasteiger charge is 2.07. The van der Waals surface area contributed by atoms with Gasteiger partial charge in [-0.1, -0.05) is 23.2 Å². The lowest BCUT2D eigenvalue weighted by atomic mass is 10.2. The van der Waals surface area contributed by atoms with E-state index in [9.17, 15) is 5.11 Å². The lowest BCUT2D eigenvalue weighted by Crippen LogP contribution is -2.16. The number of phenolic OH excluding ortho intramolecular Hbond substituents is 1. The second-order valence-corrected chi connectivity index (χ2v) is 4.91. The molecule has 0 aliphatic rings. The highest BCUT2D eigenvalue weighted by Crippen LogP contribution is 2.30. The van der Waals surface area contributed by atoms with Crippen molar-refractivity contribution >= 4 is 23.2 Å². The molecule has 1 aromatic carbocycles. The third kappa shape index (κ3) is 5.13. The SMILES string of the molecule is CC(O)CCCNCc1cc(Cl)cc(Cl)c1O. The van der Waals surface area contributed by atoms with Crippen LogP contribution in [0.3, 0.4) is 0 Å². The van der Waals surface area contributed by atoms with Crippen molar-refractivity contribution in [3.63, 3.8) is 0 Å². The van der Waals surface area contributed by atoms with Crippen LogP contribution in [0.2, 0.25) is 10.0 Å². The largest absolute Gasteiger partial charge is 0.506 e. The van der Waals surface area contributed by atoms with E-state index < -0.39 is 0 Å². The zero-order valence-corrected chi connectivity index (χ0v) is 11.2. The summed E-state index contributed by atoms with van der Waals surface area (Å²) < 4.78 is 0. The fourth-order valence-corrected chi connectivity index (χ4v) is 2.04. The summed E-state index contributed by atoms with van der Waals surface area (Å²) in [5, 5.41) is 22.7. The smallest absolute Gasteiger partial charge is 0.138 e. The minimum absolute atomic E-state index is 0.0686. The summed E-state index contributed by atoms with van der Waals surface area (Å²) in [7, 11) is 0. The van der Waals surface area contributed by atoms with Gasteiger partial charge in [0, 0.05) is 17.1 Å². The second kappa shape index (κ2) is 7.07. The Morgan fingerprint density at radius 2 is 2.06 bits per heavy atom. The zero-order valence-electron chi connectivity index (χ0n) is 9.71. The van der Waals surface area contributed by atoms with Crippen LogP contribution in [0.1, 0.15) is 25.3 Å². The van der Waals surface area contributed by atoms with E-state index in [4.69, 9.17) is 28.3 Å². The van der Waals surface area contributed by atoms with E-state index in [-0.39, 0.29) is 16.9 Å². The standard InChI is InChI=1S/C12H17Cl2NO2/c1-8(16)3-2-4-15-7-9-5-10(13)6-11(14)12(9)17/h5-6,8,15-17H,2-4,7H2,1H3. The van der Waals surface area contributed by atoms with Crippen LogP contribution in [0, 0.1) is 0 Å². The Hall–Kier alpha value is -0.480. The topological polar surface area (TPSA) is 52.5 Å². The molecule has 0 bridgehead atoms. The van der Waals surface area contributed by atoms with E-state index in [2.05, 4.69) is 5.32 Å². The first-order valence-corrected chi connectivity index (χ1v) is 6.32. The number of rotatable bonds is 6. The van der Waals surface area contributed by atoms with Gasteiger partial charge in [-0.25, -0.2) is 0 Å². The molecule has 0 spiro atoms. The van der Waals surface area contributed by atoms with Gasteiger partial charge in [-0.15, -0.1) is 0 Å². The number of benzene rings is 1. The summed E-state index contributed by atoms with van der Waals surface area (Å²) in [5.41, 5.74) is 0.680. The maximum absolute atomic E-state index is 9.70. The van der Waals surface area contributed by atoms with Gasteiger partial charge < -0.3 is 15.5 Å². The second-order valence-electron chi connectivity index (χ2n) is 4.06. The van der Waals surface area contributed by atoms with Crippen molar-refractivity contribution in [2.45, 2.75) is 32.4 Å². The number of halogens is 2. The average Bonchev–Trinajstić information content (AvgIpc) is 2.23. The molecule has 1 rings (SSSR count). The molecule has 0 aliphatic heterocycles. The van der Waals surface area contributed by atoms with Crippen molar-refractivity contribution in [3.8, 4) is 5.75 Å². The Labute approximate surface area is 111 Å². The maximum Gasteiger partial charge on any atom is 0.138 e. The molecule has 0 radical (unpaired) electrons. The van der Waals surface area contributed by atoms with Crippen LogP contribution >= 0.6 is 23.2 Å². The van der Waals surface area contributed by atoms with E-state index in [1.165, 1.54) is 6.07 Å². The van der Waals surface area contributed by atoms with Crippen LogP contribution in [0.4, 0.5) is 0 Å². The Bertz CT molecular complexity index is 370. The van der Waals surface area contributed by atoms with Crippen LogP contribution in [-0.2, 0) is 6.54 Å². The first kappa shape index (κ1) is 14.6. The molecule has 0 fully saturated rings. The van der Waals surface area contributed by atoms with Gasteiger partial charge in [0.25, 0.3) is 0 Å². The van der Waals surface area contributed by atoms with Crippen molar-refractivity contribution in [1.82, 2.24) is 5.32 Å². The minimum Gasteiger partial charge on any atom is -0.506 e. The summed E-state index contributed by atoms with van der Waals surface area (Å²) in [6.45, 7) is 3.04. The number of phenols is 1. The fourth-order valence-electron chi connectivity index (χ4n) is 1.50. The maximum atomic E-state index is 9.70. The van der Waals surface area contributed by atoms with Gasteiger partial charge in [-0.2, -0.15) is 0 Å². The molecule has 0 amide bonds. The molecule has 0 aromatic heterocycles. The molecule has 3 nitrogen and oxygen atoms in total. The quantitative estimate of drug-likeness (QED) is 0.701. The first-order chi connectivity index (χ1) is 8.00. The minimum atomic E-state index is -0.272. The highest BCUT2D eigenvalue weighted by molar-refractivity contribution is 6.35. The van der Waals surface area contributed by atoms with Gasteiger partial charge in [0.2, 0.25) is 0 Å². The summed E-state index contributed by atoms with van der Waals surface area (Å²) in [6.07, 6.45) is 1.37. The molecule has 96 valence electrons. The number of aliphatic hydroxyl groups excluding tert-OH is 1. The van der Waals surface area contributed by atoms with Gasteiger partial charge in [0.15, 0.2) is 0 Å². The lowest BCUT2D eigenvalue weighted by molar-refractivity contribution is 0.181. The predicted octanol–water partition coefficient (Wildman–Crippen LogP) is 2.95. The highest BCUT2D eigenvalue weighted by atomic mass is 35.5. The zero-order chi connectivity index (χ0) is 12.8. The van der Waals surface area contributed by atoms with Crippen molar-refractivity contribution in [1.29, 1.82) is 0 Å². The lowest BCUT2D eigenvalue weighted by Gasteiger charge is -2.09. The van der Waals surface area contributed by atoms with Gasteiger partial charge in [-0.05, 0) is 38.4 Å². The van der Waals surface area contributed by atoms with Crippen LogP contribution in [-0.4, -0.2) is 22.9 Å². The van der Waals surface area contributed by atoms with Crippen molar-refractivity contribution < 1.29 is 10.2 Å². The molecule has 1 aromatic rings.